The van der Waals surface area contributed by atoms with Gasteiger partial charge < -0.3 is 29.1 Å². The van der Waals surface area contributed by atoms with Gasteiger partial charge in [-0.3, -0.25) is 4.79 Å². The molecule has 2 aliphatic heterocycles. The Hall–Kier alpha value is -2.16. The van der Waals surface area contributed by atoms with Gasteiger partial charge in [0.2, 0.25) is 0 Å². The predicted octanol–water partition coefficient (Wildman–Crippen LogP) is 4.98. The second kappa shape index (κ2) is 13.9. The van der Waals surface area contributed by atoms with E-state index in [0.717, 1.165) is 24.8 Å². The number of ether oxygens (including phenoxy) is 3. The van der Waals surface area contributed by atoms with Crippen molar-refractivity contribution in [1.82, 2.24) is 9.80 Å². The van der Waals surface area contributed by atoms with Crippen molar-refractivity contribution in [2.24, 2.45) is 35.0 Å². The fraction of sp³-hybridized carbons (Fsp3) is 0.758. The van der Waals surface area contributed by atoms with Crippen LogP contribution in [0.4, 0.5) is 4.79 Å². The third-order valence-corrected chi connectivity index (χ3v) is 9.05. The third-order valence-electron chi connectivity index (χ3n) is 9.05. The largest absolute Gasteiger partial charge is 0.462 e. The molecule has 3 aliphatic rings. The van der Waals surface area contributed by atoms with Gasteiger partial charge in [0.05, 0.1) is 25.7 Å². The van der Waals surface area contributed by atoms with Crippen LogP contribution >= 0.6 is 0 Å². The lowest BCUT2D eigenvalue weighted by molar-refractivity contribution is -0.178. The SMILES string of the molecule is CC(C)CCN(C[C@@H](O)[C@@H](CC(=O)OC1C2COC3OCC1C3C2)Cc1ccccc1)C(=O)N(C)CCC(C)(C)C. The summed E-state index contributed by atoms with van der Waals surface area (Å²) in [7, 11) is 1.83. The average molecular weight is 573 g/mol. The molecule has 2 amide bonds. The number of urea groups is 1. The first kappa shape index (κ1) is 31.8. The van der Waals surface area contributed by atoms with E-state index in [1.165, 1.54) is 0 Å². The maximum Gasteiger partial charge on any atom is 0.319 e. The molecule has 1 N–H and O–H groups in total. The van der Waals surface area contributed by atoms with Gasteiger partial charge in [0.25, 0.3) is 0 Å². The van der Waals surface area contributed by atoms with Crippen molar-refractivity contribution >= 4 is 12.0 Å². The maximum absolute atomic E-state index is 13.5. The fourth-order valence-corrected chi connectivity index (χ4v) is 6.42. The van der Waals surface area contributed by atoms with Crippen molar-refractivity contribution in [3.8, 4) is 0 Å². The van der Waals surface area contributed by atoms with E-state index in [-0.39, 0.29) is 60.5 Å². The van der Waals surface area contributed by atoms with Crippen molar-refractivity contribution in [2.45, 2.75) is 85.2 Å². The number of benzene rings is 1. The zero-order valence-electron chi connectivity index (χ0n) is 26.0. The van der Waals surface area contributed by atoms with E-state index in [4.69, 9.17) is 14.2 Å². The van der Waals surface area contributed by atoms with E-state index in [0.29, 0.717) is 44.6 Å². The highest BCUT2D eigenvalue weighted by Gasteiger charge is 2.56. The molecule has 8 nitrogen and oxygen atoms in total. The highest BCUT2D eigenvalue weighted by atomic mass is 16.7. The van der Waals surface area contributed by atoms with E-state index >= 15 is 0 Å². The van der Waals surface area contributed by atoms with Crippen LogP contribution in [0.2, 0.25) is 0 Å². The Kier molecular flexibility index (Phi) is 10.8. The van der Waals surface area contributed by atoms with Gasteiger partial charge in [0, 0.05) is 50.4 Å². The summed E-state index contributed by atoms with van der Waals surface area (Å²) >= 11 is 0. The van der Waals surface area contributed by atoms with Gasteiger partial charge in [-0.15, -0.1) is 0 Å². The van der Waals surface area contributed by atoms with Gasteiger partial charge in [0.1, 0.15) is 6.10 Å². The van der Waals surface area contributed by atoms with E-state index in [1.807, 2.05) is 37.4 Å². The molecule has 2 bridgehead atoms. The van der Waals surface area contributed by atoms with Crippen molar-refractivity contribution in [2.75, 3.05) is 39.9 Å². The number of rotatable bonds is 13. The topological polar surface area (TPSA) is 88.5 Å². The van der Waals surface area contributed by atoms with Gasteiger partial charge in [-0.2, -0.15) is 0 Å². The Morgan fingerprint density at radius 1 is 1.07 bits per heavy atom. The van der Waals surface area contributed by atoms with Gasteiger partial charge in [-0.25, -0.2) is 4.79 Å². The number of carbonyl (C=O) groups excluding carboxylic acids is 2. The Balaban J connectivity index is 1.44. The lowest BCUT2D eigenvalue weighted by Gasteiger charge is -2.34. The van der Waals surface area contributed by atoms with Crippen molar-refractivity contribution in [1.29, 1.82) is 0 Å². The minimum Gasteiger partial charge on any atom is -0.462 e. The number of nitrogens with zero attached hydrogens (tertiary/aromatic N) is 2. The molecular weight excluding hydrogens is 520 g/mol. The zero-order valence-corrected chi connectivity index (χ0v) is 26.0. The normalized spacial score (nSPS) is 26.6. The summed E-state index contributed by atoms with van der Waals surface area (Å²) in [6.45, 7) is 13.3. The van der Waals surface area contributed by atoms with Crippen LogP contribution in [0.1, 0.15) is 65.9 Å². The number of aliphatic hydroxyl groups is 1. The molecule has 0 aromatic heterocycles. The Morgan fingerprint density at radius 3 is 2.46 bits per heavy atom. The summed E-state index contributed by atoms with van der Waals surface area (Å²) in [5, 5.41) is 11.6. The quantitative estimate of drug-likeness (QED) is 0.336. The molecule has 1 aliphatic carbocycles. The summed E-state index contributed by atoms with van der Waals surface area (Å²) in [5.74, 6) is 0.428. The summed E-state index contributed by atoms with van der Waals surface area (Å²) in [4.78, 5) is 30.5. The molecule has 3 fully saturated rings. The predicted molar refractivity (Wildman–Crippen MR) is 158 cm³/mol. The summed E-state index contributed by atoms with van der Waals surface area (Å²) in [5.41, 5.74) is 1.16. The van der Waals surface area contributed by atoms with Crippen LogP contribution in [-0.4, -0.2) is 85.3 Å². The number of esters is 1. The van der Waals surface area contributed by atoms with Gasteiger partial charge in [0.15, 0.2) is 6.29 Å². The molecule has 0 spiro atoms. The Bertz CT molecular complexity index is 995. The van der Waals surface area contributed by atoms with Crippen LogP contribution < -0.4 is 0 Å². The number of hydrogen-bond donors (Lipinski definition) is 1. The first-order chi connectivity index (χ1) is 19.4. The monoisotopic (exact) mass is 572 g/mol. The Morgan fingerprint density at radius 2 is 1.78 bits per heavy atom. The molecule has 230 valence electrons. The number of amides is 2. The summed E-state index contributed by atoms with van der Waals surface area (Å²) in [6, 6.07) is 9.84. The van der Waals surface area contributed by atoms with Crippen molar-refractivity contribution in [3.63, 3.8) is 0 Å². The minimum atomic E-state index is -0.875. The van der Waals surface area contributed by atoms with E-state index < -0.39 is 6.10 Å². The first-order valence-electron chi connectivity index (χ1n) is 15.6. The van der Waals surface area contributed by atoms with Gasteiger partial charge >= 0.3 is 12.0 Å². The van der Waals surface area contributed by atoms with E-state index in [1.54, 1.807) is 9.80 Å². The van der Waals surface area contributed by atoms with Crippen LogP contribution in [0, 0.1) is 35.0 Å². The second-order valence-electron chi connectivity index (χ2n) is 14.2. The third kappa shape index (κ3) is 8.68. The number of fused-ring (bicyclic) bond motifs is 1. The molecule has 8 heteroatoms. The number of carbonyl (C=O) groups is 2. The molecule has 2 saturated heterocycles. The van der Waals surface area contributed by atoms with Crippen LogP contribution in [0.25, 0.3) is 0 Å². The smallest absolute Gasteiger partial charge is 0.319 e. The summed E-state index contributed by atoms with van der Waals surface area (Å²) in [6.07, 6.45) is 2.08. The van der Waals surface area contributed by atoms with Crippen LogP contribution in [0.5, 0.6) is 0 Å². The summed E-state index contributed by atoms with van der Waals surface area (Å²) < 4.78 is 17.7. The fourth-order valence-electron chi connectivity index (χ4n) is 6.42. The molecule has 1 saturated carbocycles. The molecule has 41 heavy (non-hydrogen) atoms. The maximum atomic E-state index is 13.5. The lowest BCUT2D eigenvalue weighted by atomic mass is 9.90. The highest BCUT2D eigenvalue weighted by molar-refractivity contribution is 5.74. The second-order valence-corrected chi connectivity index (χ2v) is 14.2. The van der Waals surface area contributed by atoms with Gasteiger partial charge in [-0.1, -0.05) is 65.0 Å². The number of hydrogen-bond acceptors (Lipinski definition) is 6. The van der Waals surface area contributed by atoms with Crippen LogP contribution in [0.15, 0.2) is 30.3 Å². The minimum absolute atomic E-state index is 0.0796. The van der Waals surface area contributed by atoms with Crippen LogP contribution in [0.3, 0.4) is 0 Å². The van der Waals surface area contributed by atoms with Crippen LogP contribution in [-0.2, 0) is 25.4 Å². The van der Waals surface area contributed by atoms with Gasteiger partial charge in [-0.05, 0) is 42.6 Å². The van der Waals surface area contributed by atoms with Crippen molar-refractivity contribution < 1.29 is 28.9 Å². The lowest BCUT2D eigenvalue weighted by Crippen LogP contribution is -2.47. The van der Waals surface area contributed by atoms with Crippen molar-refractivity contribution in [3.05, 3.63) is 35.9 Å². The van der Waals surface area contributed by atoms with E-state index in [2.05, 4.69) is 34.6 Å². The Labute approximate surface area is 246 Å². The molecule has 1 aromatic rings. The zero-order chi connectivity index (χ0) is 29.7. The highest BCUT2D eigenvalue weighted by Crippen LogP contribution is 2.49. The molecular formula is C33H52N2O6. The molecule has 2 heterocycles. The number of aliphatic hydroxyl groups excluding tert-OH is 1. The standard InChI is InChI=1S/C33H52N2O6/c1-22(2)12-14-35(32(38)34(6)15-13-33(3,4)5)19-28(36)24(16-23-10-8-7-9-11-23)18-29(37)41-30-25-17-26-27(30)21-40-31(26)39-20-25/h7-11,22,24-28,30-31,36H,12-21H2,1-6H3/t24-,25?,26?,27?,28-,30?,31?/m1/s1. The molecule has 5 unspecified atom stereocenters. The molecule has 0 radical (unpaired) electrons. The molecule has 7 atom stereocenters. The molecule has 1 aromatic carbocycles. The average Bonchev–Trinajstić information content (AvgIpc) is 3.45. The first-order valence-corrected chi connectivity index (χ1v) is 15.6. The van der Waals surface area contributed by atoms with E-state index in [9.17, 15) is 14.7 Å². The molecule has 4 rings (SSSR count).